The Bertz CT molecular complexity index is 1000. The molecule has 0 aliphatic rings. The SMILES string of the molecule is Cc1nnc2cc(C(=O)NC(c3ccccc3)c3ccccc3)ccn12. The van der Waals surface area contributed by atoms with E-state index in [1.165, 1.54) is 0 Å². The summed E-state index contributed by atoms with van der Waals surface area (Å²) >= 11 is 0. The third kappa shape index (κ3) is 3.07. The molecule has 0 bridgehead atoms. The molecule has 0 spiro atoms. The van der Waals surface area contributed by atoms with Crippen LogP contribution in [0, 0.1) is 6.92 Å². The summed E-state index contributed by atoms with van der Waals surface area (Å²) < 4.78 is 1.85. The van der Waals surface area contributed by atoms with Gasteiger partial charge < -0.3 is 5.32 Å². The average Bonchev–Trinajstić information content (AvgIpc) is 3.07. The highest BCUT2D eigenvalue weighted by Gasteiger charge is 2.18. The summed E-state index contributed by atoms with van der Waals surface area (Å²) in [5, 5.41) is 11.3. The number of hydrogen-bond acceptors (Lipinski definition) is 3. The molecular formula is C21H18N4O. The molecule has 0 atom stereocenters. The molecule has 5 nitrogen and oxygen atoms in total. The molecule has 0 radical (unpaired) electrons. The number of benzene rings is 2. The number of fused-ring (bicyclic) bond motifs is 1. The van der Waals surface area contributed by atoms with Crippen LogP contribution in [0.3, 0.4) is 0 Å². The van der Waals surface area contributed by atoms with Crippen molar-refractivity contribution in [3.8, 4) is 0 Å². The molecule has 5 heteroatoms. The Labute approximate surface area is 151 Å². The van der Waals surface area contributed by atoms with Gasteiger partial charge in [-0.1, -0.05) is 60.7 Å². The zero-order valence-electron chi connectivity index (χ0n) is 14.3. The van der Waals surface area contributed by atoms with Crippen LogP contribution in [-0.4, -0.2) is 20.5 Å². The molecule has 4 rings (SSSR count). The summed E-state index contributed by atoms with van der Waals surface area (Å²) in [6, 6.07) is 23.2. The predicted molar refractivity (Wildman–Crippen MR) is 99.9 cm³/mol. The van der Waals surface area contributed by atoms with Gasteiger partial charge in [0.15, 0.2) is 5.65 Å². The predicted octanol–water partition coefficient (Wildman–Crippen LogP) is 3.56. The molecule has 2 aromatic heterocycles. The number of carbonyl (C=O) groups is 1. The standard InChI is InChI=1S/C21H18N4O/c1-15-23-24-19-14-18(12-13-25(15)19)21(26)22-20(16-8-4-2-5-9-16)17-10-6-3-7-11-17/h2-14,20H,1H3,(H,22,26). The van der Waals surface area contributed by atoms with E-state index >= 15 is 0 Å². The Morgan fingerprint density at radius 2 is 1.54 bits per heavy atom. The van der Waals surface area contributed by atoms with Crippen LogP contribution in [0.1, 0.15) is 33.4 Å². The van der Waals surface area contributed by atoms with E-state index in [-0.39, 0.29) is 11.9 Å². The maximum Gasteiger partial charge on any atom is 0.252 e. The second-order valence-electron chi connectivity index (χ2n) is 6.12. The number of rotatable bonds is 4. The van der Waals surface area contributed by atoms with Crippen molar-refractivity contribution < 1.29 is 4.79 Å². The molecule has 2 heterocycles. The van der Waals surface area contributed by atoms with E-state index in [1.54, 1.807) is 12.1 Å². The van der Waals surface area contributed by atoms with E-state index in [0.717, 1.165) is 17.0 Å². The minimum Gasteiger partial charge on any atom is -0.341 e. The number of aryl methyl sites for hydroxylation is 1. The first-order valence-electron chi connectivity index (χ1n) is 8.44. The van der Waals surface area contributed by atoms with Gasteiger partial charge >= 0.3 is 0 Å². The van der Waals surface area contributed by atoms with Gasteiger partial charge in [-0.15, -0.1) is 10.2 Å². The van der Waals surface area contributed by atoms with Crippen LogP contribution in [0.2, 0.25) is 0 Å². The van der Waals surface area contributed by atoms with E-state index in [0.29, 0.717) is 11.2 Å². The molecule has 0 saturated carbocycles. The molecule has 1 amide bonds. The van der Waals surface area contributed by atoms with E-state index in [4.69, 9.17) is 0 Å². The van der Waals surface area contributed by atoms with Gasteiger partial charge in [0, 0.05) is 11.8 Å². The number of pyridine rings is 1. The number of carbonyl (C=O) groups excluding carboxylic acids is 1. The highest BCUT2D eigenvalue weighted by atomic mass is 16.1. The van der Waals surface area contributed by atoms with Crippen LogP contribution in [-0.2, 0) is 0 Å². The molecule has 0 fully saturated rings. The van der Waals surface area contributed by atoms with E-state index in [9.17, 15) is 4.79 Å². The molecular weight excluding hydrogens is 324 g/mol. The largest absolute Gasteiger partial charge is 0.341 e. The van der Waals surface area contributed by atoms with Crippen molar-refractivity contribution >= 4 is 11.6 Å². The van der Waals surface area contributed by atoms with Gasteiger partial charge in [0.25, 0.3) is 5.91 Å². The Hall–Kier alpha value is -3.47. The van der Waals surface area contributed by atoms with Gasteiger partial charge in [0.05, 0.1) is 6.04 Å². The Kier molecular flexibility index (Phi) is 4.19. The molecule has 128 valence electrons. The zero-order valence-corrected chi connectivity index (χ0v) is 14.3. The normalized spacial score (nSPS) is 11.0. The zero-order chi connectivity index (χ0) is 17.9. The topological polar surface area (TPSA) is 59.3 Å². The molecule has 0 saturated heterocycles. The van der Waals surface area contributed by atoms with Crippen molar-refractivity contribution in [3.63, 3.8) is 0 Å². The van der Waals surface area contributed by atoms with Crippen molar-refractivity contribution in [3.05, 3.63) is 102 Å². The second kappa shape index (κ2) is 6.80. The van der Waals surface area contributed by atoms with Crippen LogP contribution in [0.25, 0.3) is 5.65 Å². The lowest BCUT2D eigenvalue weighted by Gasteiger charge is -2.20. The highest BCUT2D eigenvalue weighted by molar-refractivity contribution is 5.95. The van der Waals surface area contributed by atoms with Crippen molar-refractivity contribution in [2.24, 2.45) is 0 Å². The fourth-order valence-corrected chi connectivity index (χ4v) is 3.02. The maximum absolute atomic E-state index is 12.9. The molecule has 2 aromatic carbocycles. The van der Waals surface area contributed by atoms with Crippen LogP contribution in [0.15, 0.2) is 79.0 Å². The van der Waals surface area contributed by atoms with Crippen molar-refractivity contribution in [2.45, 2.75) is 13.0 Å². The Morgan fingerprint density at radius 3 is 2.15 bits per heavy atom. The van der Waals surface area contributed by atoms with Crippen LogP contribution in [0.5, 0.6) is 0 Å². The van der Waals surface area contributed by atoms with Gasteiger partial charge in [0.1, 0.15) is 5.82 Å². The first-order chi connectivity index (χ1) is 12.7. The molecule has 0 aliphatic carbocycles. The summed E-state index contributed by atoms with van der Waals surface area (Å²) in [5.74, 6) is 0.643. The average molecular weight is 342 g/mol. The summed E-state index contributed by atoms with van der Waals surface area (Å²) in [6.07, 6.45) is 1.82. The fraction of sp³-hybridized carbons (Fsp3) is 0.0952. The Balaban J connectivity index is 1.67. The second-order valence-corrected chi connectivity index (χ2v) is 6.12. The summed E-state index contributed by atoms with van der Waals surface area (Å²) in [5.41, 5.74) is 3.28. The molecule has 26 heavy (non-hydrogen) atoms. The first-order valence-corrected chi connectivity index (χ1v) is 8.44. The smallest absolute Gasteiger partial charge is 0.252 e. The van der Waals surface area contributed by atoms with Crippen molar-refractivity contribution in [2.75, 3.05) is 0 Å². The van der Waals surface area contributed by atoms with Gasteiger partial charge in [-0.25, -0.2) is 0 Å². The molecule has 0 aliphatic heterocycles. The summed E-state index contributed by atoms with van der Waals surface area (Å²) in [4.78, 5) is 12.9. The number of hydrogen-bond donors (Lipinski definition) is 1. The Morgan fingerprint density at radius 1 is 0.923 bits per heavy atom. The van der Waals surface area contributed by atoms with Crippen LogP contribution < -0.4 is 5.32 Å². The first kappa shape index (κ1) is 16.0. The minimum absolute atomic E-state index is 0.147. The van der Waals surface area contributed by atoms with Crippen LogP contribution >= 0.6 is 0 Å². The third-order valence-corrected chi connectivity index (χ3v) is 4.38. The van der Waals surface area contributed by atoms with Gasteiger partial charge in [-0.05, 0) is 30.2 Å². The van der Waals surface area contributed by atoms with E-state index in [1.807, 2.05) is 78.2 Å². The monoisotopic (exact) mass is 342 g/mol. The lowest BCUT2D eigenvalue weighted by molar-refractivity contribution is 0.0943. The van der Waals surface area contributed by atoms with E-state index in [2.05, 4.69) is 15.5 Å². The minimum atomic E-state index is -0.222. The molecule has 1 N–H and O–H groups in total. The molecule has 4 aromatic rings. The van der Waals surface area contributed by atoms with Crippen molar-refractivity contribution in [1.82, 2.24) is 19.9 Å². The van der Waals surface area contributed by atoms with Gasteiger partial charge in [-0.3, -0.25) is 9.20 Å². The highest BCUT2D eigenvalue weighted by Crippen LogP contribution is 2.22. The third-order valence-electron chi connectivity index (χ3n) is 4.38. The number of amides is 1. The number of aromatic nitrogens is 3. The summed E-state index contributed by atoms with van der Waals surface area (Å²) in [6.45, 7) is 1.88. The number of nitrogens with zero attached hydrogens (tertiary/aromatic N) is 3. The lowest BCUT2D eigenvalue weighted by atomic mass is 9.98. The van der Waals surface area contributed by atoms with E-state index < -0.39 is 0 Å². The fourth-order valence-electron chi connectivity index (χ4n) is 3.02. The van der Waals surface area contributed by atoms with Crippen molar-refractivity contribution in [1.29, 1.82) is 0 Å². The quantitative estimate of drug-likeness (QED) is 0.617. The van der Waals surface area contributed by atoms with Gasteiger partial charge in [-0.2, -0.15) is 0 Å². The lowest BCUT2D eigenvalue weighted by Crippen LogP contribution is -2.29. The van der Waals surface area contributed by atoms with Crippen LogP contribution in [0.4, 0.5) is 0 Å². The summed E-state index contributed by atoms with van der Waals surface area (Å²) in [7, 11) is 0. The van der Waals surface area contributed by atoms with Gasteiger partial charge in [0.2, 0.25) is 0 Å². The maximum atomic E-state index is 12.9. The number of nitrogens with one attached hydrogen (secondary N) is 1. The molecule has 0 unspecified atom stereocenters.